The number of hydrogen-bond acceptors (Lipinski definition) is 3. The number of rotatable bonds is 6. The van der Waals surface area contributed by atoms with Gasteiger partial charge < -0.3 is 5.32 Å². The van der Waals surface area contributed by atoms with Crippen LogP contribution in [-0.4, -0.2) is 36.3 Å². The van der Waals surface area contributed by atoms with Crippen molar-refractivity contribution in [2.24, 2.45) is 5.92 Å². The molecule has 4 heteroatoms. The van der Waals surface area contributed by atoms with Gasteiger partial charge in [-0.05, 0) is 13.0 Å². The molecule has 0 aromatic heterocycles. The Bertz CT molecular complexity index is 241. The maximum atomic E-state index is 11.8. The molecule has 1 saturated heterocycles. The molecule has 1 atom stereocenters. The van der Waals surface area contributed by atoms with Crippen LogP contribution in [0.4, 0.5) is 0 Å². The number of carbonyl (C=O) groups is 2. The lowest BCUT2D eigenvalue weighted by Gasteiger charge is -2.14. The first-order chi connectivity index (χ1) is 7.20. The maximum absolute atomic E-state index is 11.8. The fraction of sp³-hybridized carbons (Fsp3) is 0.818. The molecule has 0 aromatic rings. The van der Waals surface area contributed by atoms with Crippen molar-refractivity contribution in [2.75, 3.05) is 19.6 Å². The summed E-state index contributed by atoms with van der Waals surface area (Å²) in [4.78, 5) is 24.7. The van der Waals surface area contributed by atoms with Crippen LogP contribution in [0.3, 0.4) is 0 Å². The summed E-state index contributed by atoms with van der Waals surface area (Å²) in [5.41, 5.74) is 0. The Morgan fingerprint density at radius 3 is 2.73 bits per heavy atom. The molecule has 0 bridgehead atoms. The van der Waals surface area contributed by atoms with Gasteiger partial charge in [0.1, 0.15) is 0 Å². The summed E-state index contributed by atoms with van der Waals surface area (Å²) in [5, 5.41) is 3.12. The van der Waals surface area contributed by atoms with Crippen LogP contribution >= 0.6 is 0 Å². The standard InChI is InChI=1S/C11H20N2O2/c1-3-5-9-8-10(14)13(11(9)15)7-6-12-4-2/h9,12H,3-8H2,1-2H3. The summed E-state index contributed by atoms with van der Waals surface area (Å²) >= 11 is 0. The lowest BCUT2D eigenvalue weighted by Crippen LogP contribution is -2.36. The zero-order valence-electron chi connectivity index (χ0n) is 9.58. The van der Waals surface area contributed by atoms with E-state index in [1.165, 1.54) is 4.90 Å². The smallest absolute Gasteiger partial charge is 0.232 e. The Morgan fingerprint density at radius 1 is 1.40 bits per heavy atom. The molecule has 86 valence electrons. The van der Waals surface area contributed by atoms with Crippen molar-refractivity contribution in [1.82, 2.24) is 10.2 Å². The highest BCUT2D eigenvalue weighted by Gasteiger charge is 2.36. The summed E-state index contributed by atoms with van der Waals surface area (Å²) in [5.74, 6) is -0.0276. The lowest BCUT2D eigenvalue weighted by atomic mass is 10.0. The molecule has 1 rings (SSSR count). The van der Waals surface area contributed by atoms with Crippen LogP contribution in [-0.2, 0) is 9.59 Å². The predicted molar refractivity (Wildman–Crippen MR) is 58.3 cm³/mol. The second kappa shape index (κ2) is 5.85. The van der Waals surface area contributed by atoms with Crippen LogP contribution in [0.1, 0.15) is 33.1 Å². The van der Waals surface area contributed by atoms with Gasteiger partial charge in [-0.15, -0.1) is 0 Å². The molecule has 1 aliphatic heterocycles. The van der Waals surface area contributed by atoms with Gasteiger partial charge >= 0.3 is 0 Å². The normalized spacial score (nSPS) is 21.5. The van der Waals surface area contributed by atoms with Gasteiger partial charge in [0.05, 0.1) is 0 Å². The Morgan fingerprint density at radius 2 is 2.13 bits per heavy atom. The van der Waals surface area contributed by atoms with Gasteiger partial charge in [0.25, 0.3) is 0 Å². The number of carbonyl (C=O) groups excluding carboxylic acids is 2. The van der Waals surface area contributed by atoms with E-state index in [-0.39, 0.29) is 17.7 Å². The molecule has 0 aliphatic carbocycles. The van der Waals surface area contributed by atoms with E-state index in [4.69, 9.17) is 0 Å². The molecule has 1 heterocycles. The van der Waals surface area contributed by atoms with Gasteiger partial charge in [-0.3, -0.25) is 14.5 Å². The highest BCUT2D eigenvalue weighted by Crippen LogP contribution is 2.23. The highest BCUT2D eigenvalue weighted by molar-refractivity contribution is 6.03. The zero-order valence-corrected chi connectivity index (χ0v) is 9.58. The van der Waals surface area contributed by atoms with Crippen molar-refractivity contribution in [2.45, 2.75) is 33.1 Å². The molecule has 4 nitrogen and oxygen atoms in total. The van der Waals surface area contributed by atoms with E-state index in [9.17, 15) is 9.59 Å². The molecule has 1 fully saturated rings. The Hall–Kier alpha value is -0.900. The minimum atomic E-state index is -0.0517. The number of hydrogen-bond donors (Lipinski definition) is 1. The molecule has 0 aromatic carbocycles. The van der Waals surface area contributed by atoms with Gasteiger partial charge in [0, 0.05) is 25.4 Å². The van der Waals surface area contributed by atoms with Gasteiger partial charge in [0.2, 0.25) is 11.8 Å². The second-order valence-electron chi connectivity index (χ2n) is 3.93. The number of likely N-dealkylation sites (N-methyl/N-ethyl adjacent to an activating group) is 1. The molecule has 0 saturated carbocycles. The van der Waals surface area contributed by atoms with Crippen LogP contribution in [0.2, 0.25) is 0 Å². The summed E-state index contributed by atoms with van der Waals surface area (Å²) in [6.45, 7) is 6.14. The third kappa shape index (κ3) is 3.02. The number of amides is 2. The van der Waals surface area contributed by atoms with Crippen LogP contribution in [0, 0.1) is 5.92 Å². The molecule has 2 amide bonds. The van der Waals surface area contributed by atoms with Crippen molar-refractivity contribution >= 4 is 11.8 Å². The largest absolute Gasteiger partial charge is 0.315 e. The van der Waals surface area contributed by atoms with Crippen LogP contribution in [0.5, 0.6) is 0 Å². The SMILES string of the molecule is CCCC1CC(=O)N(CCNCC)C1=O. The van der Waals surface area contributed by atoms with Gasteiger partial charge in [-0.25, -0.2) is 0 Å². The monoisotopic (exact) mass is 212 g/mol. The molecule has 15 heavy (non-hydrogen) atoms. The van der Waals surface area contributed by atoms with Gasteiger partial charge in [-0.2, -0.15) is 0 Å². The molecule has 0 spiro atoms. The van der Waals surface area contributed by atoms with Gasteiger partial charge in [-0.1, -0.05) is 20.3 Å². The first-order valence-electron chi connectivity index (χ1n) is 5.75. The maximum Gasteiger partial charge on any atom is 0.232 e. The van der Waals surface area contributed by atoms with Crippen molar-refractivity contribution in [3.05, 3.63) is 0 Å². The van der Waals surface area contributed by atoms with Crippen molar-refractivity contribution in [3.63, 3.8) is 0 Å². The van der Waals surface area contributed by atoms with E-state index in [2.05, 4.69) is 5.32 Å². The fourth-order valence-electron chi connectivity index (χ4n) is 1.93. The topological polar surface area (TPSA) is 49.4 Å². The highest BCUT2D eigenvalue weighted by atomic mass is 16.2. The van der Waals surface area contributed by atoms with Crippen LogP contribution in [0.15, 0.2) is 0 Å². The van der Waals surface area contributed by atoms with Gasteiger partial charge in [0.15, 0.2) is 0 Å². The van der Waals surface area contributed by atoms with Crippen molar-refractivity contribution in [3.8, 4) is 0 Å². The van der Waals surface area contributed by atoms with Crippen LogP contribution < -0.4 is 5.32 Å². The first-order valence-corrected chi connectivity index (χ1v) is 5.75. The summed E-state index contributed by atoms with van der Waals surface area (Å²) in [6.07, 6.45) is 2.21. The second-order valence-corrected chi connectivity index (χ2v) is 3.93. The molecular formula is C11H20N2O2. The summed E-state index contributed by atoms with van der Waals surface area (Å²) < 4.78 is 0. The number of nitrogens with one attached hydrogen (secondary N) is 1. The summed E-state index contributed by atoms with van der Waals surface area (Å²) in [6, 6.07) is 0. The quantitative estimate of drug-likeness (QED) is 0.522. The minimum absolute atomic E-state index is 0.00338. The third-order valence-corrected chi connectivity index (χ3v) is 2.74. The fourth-order valence-corrected chi connectivity index (χ4v) is 1.93. The number of nitrogens with zero attached hydrogens (tertiary/aromatic N) is 1. The van der Waals surface area contributed by atoms with E-state index in [0.29, 0.717) is 19.5 Å². The Labute approximate surface area is 91.0 Å². The molecule has 1 aliphatic rings. The molecule has 1 N–H and O–H groups in total. The predicted octanol–water partition coefficient (Wildman–Crippen LogP) is 0.771. The average Bonchev–Trinajstić information content (AvgIpc) is 2.46. The third-order valence-electron chi connectivity index (χ3n) is 2.74. The van der Waals surface area contributed by atoms with E-state index >= 15 is 0 Å². The summed E-state index contributed by atoms with van der Waals surface area (Å²) in [7, 11) is 0. The molecule has 1 unspecified atom stereocenters. The average molecular weight is 212 g/mol. The van der Waals surface area contributed by atoms with E-state index in [0.717, 1.165) is 19.4 Å². The molecule has 0 radical (unpaired) electrons. The van der Waals surface area contributed by atoms with Crippen molar-refractivity contribution in [1.29, 1.82) is 0 Å². The number of likely N-dealkylation sites (tertiary alicyclic amines) is 1. The Balaban J connectivity index is 2.44. The first kappa shape index (κ1) is 12.2. The zero-order chi connectivity index (χ0) is 11.3. The van der Waals surface area contributed by atoms with E-state index in [1.54, 1.807) is 0 Å². The number of imide groups is 1. The van der Waals surface area contributed by atoms with Crippen molar-refractivity contribution < 1.29 is 9.59 Å². The van der Waals surface area contributed by atoms with Crippen LogP contribution in [0.25, 0.3) is 0 Å². The van der Waals surface area contributed by atoms with E-state index < -0.39 is 0 Å². The Kier molecular flexibility index (Phi) is 4.75. The minimum Gasteiger partial charge on any atom is -0.315 e. The van der Waals surface area contributed by atoms with E-state index in [1.807, 2.05) is 13.8 Å². The lowest BCUT2D eigenvalue weighted by molar-refractivity contribution is -0.139. The molecular weight excluding hydrogens is 192 g/mol.